The highest BCUT2D eigenvalue weighted by molar-refractivity contribution is 5.89. The van der Waals surface area contributed by atoms with Crippen LogP contribution in [0.25, 0.3) is 0 Å². The number of nitro benzene ring substituents is 1. The van der Waals surface area contributed by atoms with Crippen LogP contribution in [0.2, 0.25) is 0 Å². The van der Waals surface area contributed by atoms with Crippen molar-refractivity contribution in [3.05, 3.63) is 39.4 Å². The Bertz CT molecular complexity index is 558. The molecule has 1 unspecified atom stereocenters. The topological polar surface area (TPSA) is 80.4 Å². The molecule has 18 heavy (non-hydrogen) atoms. The molecule has 0 aliphatic heterocycles. The molecule has 0 heterocycles. The number of nitro groups is 1. The first kappa shape index (κ1) is 12.4. The summed E-state index contributed by atoms with van der Waals surface area (Å²) in [4.78, 5) is 21.1. The smallest absolute Gasteiger partial charge is 0.320 e. The van der Waals surface area contributed by atoms with Crippen molar-refractivity contribution in [3.63, 3.8) is 0 Å². The average molecular weight is 257 g/mol. The Morgan fingerprint density at radius 1 is 1.50 bits per heavy atom. The molecule has 2 rings (SSSR count). The molecule has 96 valence electrons. The quantitative estimate of drug-likeness (QED) is 0.665. The zero-order valence-electron chi connectivity index (χ0n) is 9.31. The van der Waals surface area contributed by atoms with Crippen molar-refractivity contribution in [2.24, 2.45) is 0 Å². The molecule has 1 aromatic carbocycles. The Hall–Kier alpha value is -2.05. The summed E-state index contributed by atoms with van der Waals surface area (Å²) in [6.07, 6.45) is -0.903. The molecule has 5 nitrogen and oxygen atoms in total. The highest BCUT2D eigenvalue weighted by atomic mass is 19.3. The molecule has 7 heteroatoms. The van der Waals surface area contributed by atoms with Gasteiger partial charge in [-0.25, -0.2) is 8.78 Å². The van der Waals surface area contributed by atoms with Crippen LogP contribution in [0.15, 0.2) is 18.2 Å². The summed E-state index contributed by atoms with van der Waals surface area (Å²) < 4.78 is 26.7. The lowest BCUT2D eigenvalue weighted by Crippen LogP contribution is -2.28. The van der Waals surface area contributed by atoms with Crippen LogP contribution in [0.4, 0.5) is 14.5 Å². The molecule has 1 aliphatic rings. The molecule has 0 amide bonds. The lowest BCUT2D eigenvalue weighted by molar-refractivity contribution is -0.385. The van der Waals surface area contributed by atoms with Crippen LogP contribution in [-0.4, -0.2) is 21.9 Å². The second-order valence-corrected chi connectivity index (χ2v) is 4.37. The second kappa shape index (κ2) is 3.47. The van der Waals surface area contributed by atoms with E-state index in [0.29, 0.717) is 5.56 Å². The predicted molar refractivity (Wildman–Crippen MR) is 56.7 cm³/mol. The number of aryl methyl sites for hydroxylation is 1. The summed E-state index contributed by atoms with van der Waals surface area (Å²) in [6.45, 7) is 1.56. The van der Waals surface area contributed by atoms with E-state index < -0.39 is 39.9 Å². The first-order valence-corrected chi connectivity index (χ1v) is 5.09. The van der Waals surface area contributed by atoms with Crippen molar-refractivity contribution in [1.29, 1.82) is 0 Å². The van der Waals surface area contributed by atoms with E-state index in [9.17, 15) is 23.7 Å². The van der Waals surface area contributed by atoms with Crippen molar-refractivity contribution >= 4 is 11.7 Å². The van der Waals surface area contributed by atoms with E-state index in [1.54, 1.807) is 6.92 Å². The minimum atomic E-state index is -3.45. The summed E-state index contributed by atoms with van der Waals surface area (Å²) in [6, 6.07) is 3.59. The molecule has 1 saturated carbocycles. The molecule has 1 aromatic rings. The van der Waals surface area contributed by atoms with Crippen molar-refractivity contribution in [2.45, 2.75) is 24.7 Å². The predicted octanol–water partition coefficient (Wildman–Crippen LogP) is 2.26. The number of benzene rings is 1. The number of hydrogen-bond donors (Lipinski definition) is 1. The molecule has 0 bridgehead atoms. The molecule has 0 radical (unpaired) electrons. The van der Waals surface area contributed by atoms with Gasteiger partial charge in [-0.2, -0.15) is 0 Å². The Morgan fingerprint density at radius 3 is 2.44 bits per heavy atom. The molecule has 0 aromatic heterocycles. The van der Waals surface area contributed by atoms with Crippen LogP contribution in [0, 0.1) is 17.0 Å². The maximum absolute atomic E-state index is 13.4. The van der Waals surface area contributed by atoms with E-state index in [0.717, 1.165) is 12.1 Å². The molecule has 1 aliphatic carbocycles. The normalized spacial score (nSPS) is 24.6. The summed E-state index contributed by atoms with van der Waals surface area (Å²) >= 11 is 0. The number of carboxylic acids is 1. The van der Waals surface area contributed by atoms with Crippen LogP contribution < -0.4 is 0 Å². The van der Waals surface area contributed by atoms with E-state index in [4.69, 9.17) is 5.11 Å². The van der Waals surface area contributed by atoms with Gasteiger partial charge < -0.3 is 5.11 Å². The van der Waals surface area contributed by atoms with Crippen LogP contribution in [0.1, 0.15) is 17.5 Å². The standard InChI is InChI=1S/C11H9F2NO4/c1-6-2-3-8(14(17)18)7(4-6)10(9(15)16)5-11(10,12)13/h2-4H,5H2,1H3,(H,15,16). The Kier molecular flexibility index (Phi) is 2.39. The van der Waals surface area contributed by atoms with Gasteiger partial charge in [0.15, 0.2) is 5.41 Å². The first-order valence-electron chi connectivity index (χ1n) is 5.09. The minimum absolute atomic E-state index is 0.426. The fourth-order valence-electron chi connectivity index (χ4n) is 2.08. The number of alkyl halides is 2. The van der Waals surface area contributed by atoms with Crippen molar-refractivity contribution in [3.8, 4) is 0 Å². The minimum Gasteiger partial charge on any atom is -0.480 e. The maximum atomic E-state index is 13.4. The Balaban J connectivity index is 2.67. The van der Waals surface area contributed by atoms with Crippen LogP contribution in [0.5, 0.6) is 0 Å². The van der Waals surface area contributed by atoms with Crippen LogP contribution in [-0.2, 0) is 10.2 Å². The fourth-order valence-corrected chi connectivity index (χ4v) is 2.08. The number of hydrogen-bond acceptors (Lipinski definition) is 3. The monoisotopic (exact) mass is 257 g/mol. The van der Waals surface area contributed by atoms with Gasteiger partial charge in [0.25, 0.3) is 11.6 Å². The van der Waals surface area contributed by atoms with Crippen LogP contribution >= 0.6 is 0 Å². The third kappa shape index (κ3) is 1.47. The maximum Gasteiger partial charge on any atom is 0.320 e. The lowest BCUT2D eigenvalue weighted by atomic mass is 9.92. The zero-order valence-corrected chi connectivity index (χ0v) is 9.31. The number of nitrogens with zero attached hydrogens (tertiary/aromatic N) is 1. The van der Waals surface area contributed by atoms with Gasteiger partial charge in [0.2, 0.25) is 0 Å². The highest BCUT2D eigenvalue weighted by Crippen LogP contribution is 2.63. The molecule has 0 saturated heterocycles. The number of rotatable bonds is 3. The molecule has 1 atom stereocenters. The van der Waals surface area contributed by atoms with Gasteiger partial charge in [0, 0.05) is 12.5 Å². The highest BCUT2D eigenvalue weighted by Gasteiger charge is 2.78. The summed E-state index contributed by atoms with van der Waals surface area (Å²) in [7, 11) is 0. The Morgan fingerprint density at radius 2 is 2.06 bits per heavy atom. The molecule has 0 spiro atoms. The van der Waals surface area contributed by atoms with Gasteiger partial charge in [-0.15, -0.1) is 0 Å². The lowest BCUT2D eigenvalue weighted by Gasteiger charge is -2.12. The van der Waals surface area contributed by atoms with Gasteiger partial charge >= 0.3 is 5.97 Å². The number of carboxylic acid groups (broad SMARTS) is 1. The number of halogens is 2. The van der Waals surface area contributed by atoms with E-state index in [1.165, 1.54) is 6.07 Å². The summed E-state index contributed by atoms with van der Waals surface area (Å²) in [5.41, 5.74) is -2.97. The SMILES string of the molecule is Cc1ccc([N+](=O)[O-])c(C2(C(=O)O)CC2(F)F)c1. The molecular weight excluding hydrogens is 248 g/mol. The van der Waals surface area contributed by atoms with E-state index >= 15 is 0 Å². The van der Waals surface area contributed by atoms with Gasteiger partial charge in [0.05, 0.1) is 10.5 Å². The van der Waals surface area contributed by atoms with Crippen molar-refractivity contribution in [2.75, 3.05) is 0 Å². The van der Waals surface area contributed by atoms with Crippen molar-refractivity contribution < 1.29 is 23.6 Å². The van der Waals surface area contributed by atoms with Gasteiger partial charge in [-0.1, -0.05) is 11.6 Å². The van der Waals surface area contributed by atoms with E-state index in [2.05, 4.69) is 0 Å². The summed E-state index contributed by atoms with van der Waals surface area (Å²) in [5.74, 6) is -5.18. The zero-order chi connectivity index (χ0) is 13.7. The van der Waals surface area contributed by atoms with Crippen molar-refractivity contribution in [1.82, 2.24) is 0 Å². The average Bonchev–Trinajstić information content (AvgIpc) is 2.82. The molecular formula is C11H9F2NO4. The van der Waals surface area contributed by atoms with Gasteiger partial charge in [-0.05, 0) is 13.0 Å². The largest absolute Gasteiger partial charge is 0.480 e. The van der Waals surface area contributed by atoms with E-state index in [1.807, 2.05) is 0 Å². The summed E-state index contributed by atoms with van der Waals surface area (Å²) in [5, 5.41) is 19.8. The second-order valence-electron chi connectivity index (χ2n) is 4.37. The fraction of sp³-hybridized carbons (Fsp3) is 0.364. The Labute approximate surface area is 100 Å². The van der Waals surface area contributed by atoms with Crippen LogP contribution in [0.3, 0.4) is 0 Å². The van der Waals surface area contributed by atoms with Gasteiger partial charge in [-0.3, -0.25) is 14.9 Å². The third-order valence-corrected chi connectivity index (χ3v) is 3.16. The van der Waals surface area contributed by atoms with E-state index in [-0.39, 0.29) is 0 Å². The van der Waals surface area contributed by atoms with Gasteiger partial charge in [0.1, 0.15) is 0 Å². The molecule has 1 fully saturated rings. The first-order chi connectivity index (χ1) is 8.22. The number of aliphatic carboxylic acids is 1. The number of carbonyl (C=O) groups is 1. The molecule has 1 N–H and O–H groups in total. The third-order valence-electron chi connectivity index (χ3n) is 3.16.